The monoisotopic (exact) mass is 489 g/mol. The number of amides is 1. The summed E-state index contributed by atoms with van der Waals surface area (Å²) in [6, 6.07) is 23.4. The molecule has 2 aliphatic rings. The Bertz CT molecular complexity index is 1290. The normalized spacial score (nSPS) is 18.6. The molecular formula is C26H23N3O3S2. The lowest BCUT2D eigenvalue weighted by atomic mass is 10.2. The van der Waals surface area contributed by atoms with Crippen molar-refractivity contribution < 1.29 is 14.3 Å². The number of hydrogen-bond acceptors (Lipinski definition) is 7. The van der Waals surface area contributed by atoms with Crippen LogP contribution in [0, 0.1) is 0 Å². The lowest BCUT2D eigenvalue weighted by molar-refractivity contribution is -0.122. The fourth-order valence-electron chi connectivity index (χ4n) is 3.74. The largest absolute Gasteiger partial charge is 0.497 e. The Morgan fingerprint density at radius 1 is 0.882 bits per heavy atom. The highest BCUT2D eigenvalue weighted by Gasteiger charge is 2.39. The summed E-state index contributed by atoms with van der Waals surface area (Å²) >= 11 is 3.01. The minimum Gasteiger partial charge on any atom is -0.497 e. The molecule has 6 nitrogen and oxygen atoms in total. The SMILES string of the molecule is COc1ccc(N=C2SC(=C3Sc4ccc(OC)cc4N3C)C(=O)N2Cc2ccccc2)cc1. The molecular weight excluding hydrogens is 466 g/mol. The van der Waals surface area contributed by atoms with E-state index < -0.39 is 0 Å². The Labute approximate surface area is 207 Å². The number of rotatable bonds is 5. The molecule has 3 aromatic carbocycles. The molecule has 0 aromatic heterocycles. The van der Waals surface area contributed by atoms with Crippen LogP contribution in [0.25, 0.3) is 0 Å². The number of nitrogens with zero attached hydrogens (tertiary/aromatic N) is 3. The van der Waals surface area contributed by atoms with Crippen LogP contribution in [0.15, 0.2) is 92.6 Å². The zero-order chi connectivity index (χ0) is 23.7. The van der Waals surface area contributed by atoms with Gasteiger partial charge in [-0.3, -0.25) is 9.69 Å². The van der Waals surface area contributed by atoms with E-state index in [4.69, 9.17) is 14.5 Å². The number of carbonyl (C=O) groups is 1. The summed E-state index contributed by atoms with van der Waals surface area (Å²) in [7, 11) is 5.27. The smallest absolute Gasteiger partial charge is 0.269 e. The van der Waals surface area contributed by atoms with Crippen molar-refractivity contribution in [3.05, 3.63) is 88.3 Å². The van der Waals surface area contributed by atoms with Crippen molar-refractivity contribution in [2.75, 3.05) is 26.2 Å². The average Bonchev–Trinajstić information content (AvgIpc) is 3.36. The zero-order valence-corrected chi connectivity index (χ0v) is 20.7. The van der Waals surface area contributed by atoms with Gasteiger partial charge in [0.25, 0.3) is 5.91 Å². The van der Waals surface area contributed by atoms with E-state index in [1.807, 2.05) is 79.8 Å². The van der Waals surface area contributed by atoms with Gasteiger partial charge in [-0.2, -0.15) is 0 Å². The molecule has 0 bridgehead atoms. The van der Waals surface area contributed by atoms with Gasteiger partial charge in [0.1, 0.15) is 16.4 Å². The fraction of sp³-hybridized carbons (Fsp3) is 0.154. The molecule has 0 spiro atoms. The summed E-state index contributed by atoms with van der Waals surface area (Å²) in [4.78, 5) is 24.1. The highest BCUT2D eigenvalue weighted by molar-refractivity contribution is 8.19. The Kier molecular flexibility index (Phi) is 6.26. The van der Waals surface area contributed by atoms with Crippen molar-refractivity contribution in [3.8, 4) is 11.5 Å². The summed E-state index contributed by atoms with van der Waals surface area (Å²) in [6.07, 6.45) is 0. The van der Waals surface area contributed by atoms with Gasteiger partial charge in [0.15, 0.2) is 5.17 Å². The van der Waals surface area contributed by atoms with E-state index in [0.29, 0.717) is 16.6 Å². The molecule has 5 rings (SSSR count). The second-order valence-corrected chi connectivity index (χ2v) is 9.71. The van der Waals surface area contributed by atoms with Crippen molar-refractivity contribution >= 4 is 46.0 Å². The Morgan fingerprint density at radius 3 is 2.29 bits per heavy atom. The molecule has 8 heteroatoms. The number of fused-ring (bicyclic) bond motifs is 1. The first-order valence-electron chi connectivity index (χ1n) is 10.7. The van der Waals surface area contributed by atoms with Crippen molar-refractivity contribution in [2.45, 2.75) is 11.4 Å². The number of thioether (sulfide) groups is 2. The van der Waals surface area contributed by atoms with E-state index in [1.54, 1.807) is 30.9 Å². The Balaban J connectivity index is 1.53. The van der Waals surface area contributed by atoms with Gasteiger partial charge in [0, 0.05) is 18.0 Å². The summed E-state index contributed by atoms with van der Waals surface area (Å²) in [5, 5.41) is 1.56. The van der Waals surface area contributed by atoms with Gasteiger partial charge in [-0.25, -0.2) is 4.99 Å². The molecule has 0 radical (unpaired) electrons. The molecule has 2 heterocycles. The van der Waals surface area contributed by atoms with Crippen LogP contribution in [-0.4, -0.2) is 37.2 Å². The summed E-state index contributed by atoms with van der Waals surface area (Å²) in [5.41, 5.74) is 2.84. The van der Waals surface area contributed by atoms with Gasteiger partial charge in [0.05, 0.1) is 37.2 Å². The maximum absolute atomic E-state index is 13.7. The molecule has 1 saturated heterocycles. The number of aliphatic imine (C=N–C) groups is 1. The molecule has 1 amide bonds. The second kappa shape index (κ2) is 9.48. The minimum atomic E-state index is -0.0461. The molecule has 34 heavy (non-hydrogen) atoms. The van der Waals surface area contributed by atoms with Crippen LogP contribution in [0.5, 0.6) is 11.5 Å². The summed E-state index contributed by atoms with van der Waals surface area (Å²) in [5.74, 6) is 1.51. The molecule has 172 valence electrons. The maximum Gasteiger partial charge on any atom is 0.269 e. The quantitative estimate of drug-likeness (QED) is 0.417. The van der Waals surface area contributed by atoms with Gasteiger partial charge < -0.3 is 14.4 Å². The predicted molar refractivity (Wildman–Crippen MR) is 139 cm³/mol. The van der Waals surface area contributed by atoms with Crippen LogP contribution in [-0.2, 0) is 11.3 Å². The first-order valence-corrected chi connectivity index (χ1v) is 12.3. The number of amidine groups is 1. The first-order chi connectivity index (χ1) is 16.6. The molecule has 0 saturated carbocycles. The molecule has 2 aliphatic heterocycles. The molecule has 0 atom stereocenters. The van der Waals surface area contributed by atoms with Gasteiger partial charge >= 0.3 is 0 Å². The minimum absolute atomic E-state index is 0.0461. The molecule has 3 aromatic rings. The third kappa shape index (κ3) is 4.26. The standard InChI is InChI=1S/C26H23N3O3S2/c1-28-21-15-20(32-3)13-14-22(21)33-25(28)23-24(30)29(16-17-7-5-4-6-8-17)26(34-23)27-18-9-11-19(31-2)12-10-18/h4-15H,16H2,1-3H3. The summed E-state index contributed by atoms with van der Waals surface area (Å²) < 4.78 is 10.6. The first kappa shape index (κ1) is 22.4. The van der Waals surface area contributed by atoms with Crippen LogP contribution in [0.2, 0.25) is 0 Å². The van der Waals surface area contributed by atoms with Gasteiger partial charge in [-0.05, 0) is 53.7 Å². The third-order valence-electron chi connectivity index (χ3n) is 5.58. The second-order valence-electron chi connectivity index (χ2n) is 7.70. The lowest BCUT2D eigenvalue weighted by Crippen LogP contribution is -2.29. The predicted octanol–water partition coefficient (Wildman–Crippen LogP) is 5.88. The molecule has 0 aliphatic carbocycles. The van der Waals surface area contributed by atoms with Crippen LogP contribution < -0.4 is 14.4 Å². The highest BCUT2D eigenvalue weighted by Crippen LogP contribution is 2.51. The number of carbonyl (C=O) groups excluding carboxylic acids is 1. The van der Waals surface area contributed by atoms with Crippen molar-refractivity contribution in [2.24, 2.45) is 4.99 Å². The third-order valence-corrected chi connectivity index (χ3v) is 8.01. The lowest BCUT2D eigenvalue weighted by Gasteiger charge is -2.17. The van der Waals surface area contributed by atoms with Gasteiger partial charge in [-0.15, -0.1) is 0 Å². The number of benzene rings is 3. The number of methoxy groups -OCH3 is 2. The van der Waals surface area contributed by atoms with Crippen molar-refractivity contribution in [3.63, 3.8) is 0 Å². The average molecular weight is 490 g/mol. The number of anilines is 1. The zero-order valence-electron chi connectivity index (χ0n) is 19.0. The highest BCUT2D eigenvalue weighted by atomic mass is 32.2. The fourth-order valence-corrected chi connectivity index (χ4v) is 6.07. The Morgan fingerprint density at radius 2 is 1.59 bits per heavy atom. The van der Waals surface area contributed by atoms with E-state index in [0.717, 1.165) is 38.4 Å². The summed E-state index contributed by atoms with van der Waals surface area (Å²) in [6.45, 7) is 0.452. The van der Waals surface area contributed by atoms with Gasteiger partial charge in [0.2, 0.25) is 0 Å². The molecule has 1 fully saturated rings. The van der Waals surface area contributed by atoms with E-state index in [-0.39, 0.29) is 5.91 Å². The van der Waals surface area contributed by atoms with Crippen LogP contribution >= 0.6 is 23.5 Å². The van der Waals surface area contributed by atoms with E-state index in [1.165, 1.54) is 11.8 Å². The maximum atomic E-state index is 13.7. The Hall–Kier alpha value is -3.36. The molecule has 0 unspecified atom stereocenters. The van der Waals surface area contributed by atoms with Crippen LogP contribution in [0.4, 0.5) is 11.4 Å². The topological polar surface area (TPSA) is 54.4 Å². The van der Waals surface area contributed by atoms with E-state index >= 15 is 0 Å². The van der Waals surface area contributed by atoms with Gasteiger partial charge in [-0.1, -0.05) is 42.1 Å². The van der Waals surface area contributed by atoms with Crippen LogP contribution in [0.3, 0.4) is 0 Å². The van der Waals surface area contributed by atoms with Crippen molar-refractivity contribution in [1.29, 1.82) is 0 Å². The van der Waals surface area contributed by atoms with E-state index in [9.17, 15) is 4.79 Å². The van der Waals surface area contributed by atoms with Crippen molar-refractivity contribution in [1.82, 2.24) is 4.90 Å². The number of hydrogen-bond donors (Lipinski definition) is 0. The van der Waals surface area contributed by atoms with E-state index in [2.05, 4.69) is 4.90 Å². The van der Waals surface area contributed by atoms with Crippen LogP contribution in [0.1, 0.15) is 5.56 Å². The molecule has 0 N–H and O–H groups in total. The number of ether oxygens (including phenoxy) is 2.